The Kier molecular flexibility index (Phi) is 7.64. The molecule has 1 N–H and O–H groups in total. The second-order valence-corrected chi connectivity index (χ2v) is 9.12. The van der Waals surface area contributed by atoms with E-state index < -0.39 is 17.8 Å². The van der Waals surface area contributed by atoms with Gasteiger partial charge in [0, 0.05) is 0 Å². The molecule has 1 aliphatic rings. The lowest BCUT2D eigenvalue weighted by Gasteiger charge is -2.27. The van der Waals surface area contributed by atoms with Gasteiger partial charge in [-0.1, -0.05) is 48.0 Å². The lowest BCUT2D eigenvalue weighted by Crippen LogP contribution is -2.54. The van der Waals surface area contributed by atoms with Gasteiger partial charge >= 0.3 is 6.03 Å². The number of anilines is 1. The summed E-state index contributed by atoms with van der Waals surface area (Å²) >= 11 is 6.57. The van der Waals surface area contributed by atoms with Crippen molar-refractivity contribution in [2.75, 3.05) is 11.5 Å². The molecule has 4 amide bonds. The third kappa shape index (κ3) is 5.52. The Morgan fingerprint density at radius 3 is 2.38 bits per heavy atom. The molecule has 0 atom stereocenters. The van der Waals surface area contributed by atoms with Crippen LogP contribution in [-0.4, -0.2) is 24.5 Å². The maximum absolute atomic E-state index is 13.3. The van der Waals surface area contributed by atoms with Crippen molar-refractivity contribution in [2.24, 2.45) is 0 Å². The number of ether oxygens (including phenoxy) is 2. The van der Waals surface area contributed by atoms with Crippen LogP contribution < -0.4 is 19.7 Å². The number of aryl methyl sites for hydroxylation is 3. The van der Waals surface area contributed by atoms with Gasteiger partial charge in [0.25, 0.3) is 11.8 Å². The minimum absolute atomic E-state index is 0.204. The van der Waals surface area contributed by atoms with E-state index in [-0.39, 0.29) is 17.2 Å². The summed E-state index contributed by atoms with van der Waals surface area (Å²) < 4.78 is 11.8. The molecule has 0 saturated carbocycles. The van der Waals surface area contributed by atoms with Gasteiger partial charge in [0.1, 0.15) is 12.2 Å². The largest absolute Gasteiger partial charge is 0.490 e. The third-order valence-electron chi connectivity index (χ3n) is 6.06. The summed E-state index contributed by atoms with van der Waals surface area (Å²) in [5, 5.41) is 2.50. The van der Waals surface area contributed by atoms with Crippen molar-refractivity contribution in [1.29, 1.82) is 0 Å². The predicted molar refractivity (Wildman–Crippen MR) is 143 cm³/mol. The number of para-hydroxylation sites is 1. The summed E-state index contributed by atoms with van der Waals surface area (Å²) in [6.07, 6.45) is 1.39. The van der Waals surface area contributed by atoms with Crippen LogP contribution in [-0.2, 0) is 16.2 Å². The topological polar surface area (TPSA) is 84.9 Å². The van der Waals surface area contributed by atoms with E-state index in [4.69, 9.17) is 21.1 Å². The summed E-state index contributed by atoms with van der Waals surface area (Å²) in [5.74, 6) is -0.780. The quantitative estimate of drug-likeness (QED) is 0.310. The Morgan fingerprint density at radius 1 is 0.919 bits per heavy atom. The van der Waals surface area contributed by atoms with Gasteiger partial charge in [-0.05, 0) is 79.8 Å². The standard InChI is InChI=1S/C29H27ClN2O5/c1-5-36-25-15-21(14-23(30)26(25)37-16-20-11-10-17(2)19(4)12-20)13-22-27(33)31-29(35)32(28(22)34)24-9-7-6-8-18(24)3/h6-15H,5,16H2,1-4H3,(H,31,33,35)/b22-13+. The number of nitrogens with zero attached hydrogens (tertiary/aromatic N) is 1. The summed E-state index contributed by atoms with van der Waals surface area (Å²) in [6, 6.07) is 15.4. The van der Waals surface area contributed by atoms with Gasteiger partial charge in [0.2, 0.25) is 0 Å². The van der Waals surface area contributed by atoms with Crippen LogP contribution in [0, 0.1) is 20.8 Å². The molecule has 0 radical (unpaired) electrons. The van der Waals surface area contributed by atoms with E-state index in [9.17, 15) is 14.4 Å². The minimum atomic E-state index is -0.801. The average molecular weight is 519 g/mol. The fraction of sp³-hybridized carbons (Fsp3) is 0.207. The van der Waals surface area contributed by atoms with E-state index in [1.165, 1.54) is 11.6 Å². The predicted octanol–water partition coefficient (Wildman–Crippen LogP) is 5.91. The van der Waals surface area contributed by atoms with Gasteiger partial charge in [0.15, 0.2) is 11.5 Å². The molecule has 37 heavy (non-hydrogen) atoms. The molecular weight excluding hydrogens is 492 g/mol. The molecule has 1 heterocycles. The minimum Gasteiger partial charge on any atom is -0.490 e. The highest BCUT2D eigenvalue weighted by Crippen LogP contribution is 2.38. The fourth-order valence-corrected chi connectivity index (χ4v) is 4.25. The zero-order valence-corrected chi connectivity index (χ0v) is 21.8. The molecule has 0 bridgehead atoms. The van der Waals surface area contributed by atoms with Crippen LogP contribution in [0.2, 0.25) is 5.02 Å². The second-order valence-electron chi connectivity index (χ2n) is 8.71. The number of imide groups is 2. The first-order chi connectivity index (χ1) is 17.7. The number of nitrogens with one attached hydrogen (secondary N) is 1. The number of barbiturate groups is 1. The van der Waals surface area contributed by atoms with Gasteiger partial charge in [-0.25, -0.2) is 9.69 Å². The smallest absolute Gasteiger partial charge is 0.335 e. The number of rotatable bonds is 7. The highest BCUT2D eigenvalue weighted by molar-refractivity contribution is 6.39. The number of carbonyl (C=O) groups is 3. The molecule has 0 spiro atoms. The first kappa shape index (κ1) is 26.0. The molecule has 4 rings (SSSR count). The number of carbonyl (C=O) groups excluding carboxylic acids is 3. The second kappa shape index (κ2) is 10.9. The molecule has 7 nitrogen and oxygen atoms in total. The normalized spacial score (nSPS) is 14.7. The summed E-state index contributed by atoms with van der Waals surface area (Å²) in [5.41, 5.74) is 4.69. The van der Waals surface area contributed by atoms with Crippen molar-refractivity contribution in [2.45, 2.75) is 34.3 Å². The van der Waals surface area contributed by atoms with Crippen molar-refractivity contribution in [3.8, 4) is 11.5 Å². The van der Waals surface area contributed by atoms with Crippen LogP contribution in [0.5, 0.6) is 11.5 Å². The van der Waals surface area contributed by atoms with Gasteiger partial charge < -0.3 is 9.47 Å². The zero-order valence-electron chi connectivity index (χ0n) is 21.1. The molecular formula is C29H27ClN2O5. The molecule has 1 aliphatic heterocycles. The SMILES string of the molecule is CCOc1cc(/C=C2\C(=O)NC(=O)N(c3ccccc3C)C2=O)cc(Cl)c1OCc1ccc(C)c(C)c1. The van der Waals surface area contributed by atoms with E-state index in [1.54, 1.807) is 43.3 Å². The molecule has 0 aliphatic carbocycles. The Hall–Kier alpha value is -4.10. The van der Waals surface area contributed by atoms with Crippen molar-refractivity contribution in [1.82, 2.24) is 5.32 Å². The average Bonchev–Trinajstić information content (AvgIpc) is 2.84. The summed E-state index contributed by atoms with van der Waals surface area (Å²) in [4.78, 5) is 39.4. The zero-order chi connectivity index (χ0) is 26.7. The van der Waals surface area contributed by atoms with Crippen LogP contribution in [0.15, 0.2) is 60.2 Å². The number of benzene rings is 3. The molecule has 1 fully saturated rings. The van der Waals surface area contributed by atoms with Crippen LogP contribution in [0.1, 0.15) is 34.7 Å². The molecule has 1 saturated heterocycles. The number of hydrogen-bond donors (Lipinski definition) is 1. The Bertz CT molecular complexity index is 1430. The third-order valence-corrected chi connectivity index (χ3v) is 6.34. The first-order valence-corrected chi connectivity index (χ1v) is 12.2. The summed E-state index contributed by atoms with van der Waals surface area (Å²) in [6.45, 7) is 8.33. The van der Waals surface area contributed by atoms with Crippen LogP contribution >= 0.6 is 11.6 Å². The van der Waals surface area contributed by atoms with E-state index in [1.807, 2.05) is 32.9 Å². The number of hydrogen-bond acceptors (Lipinski definition) is 5. The number of halogens is 1. The molecule has 8 heteroatoms. The first-order valence-electron chi connectivity index (χ1n) is 11.8. The molecule has 0 aromatic heterocycles. The van der Waals surface area contributed by atoms with Crippen LogP contribution in [0.3, 0.4) is 0 Å². The van der Waals surface area contributed by atoms with Crippen molar-refractivity contribution in [3.63, 3.8) is 0 Å². The summed E-state index contributed by atoms with van der Waals surface area (Å²) in [7, 11) is 0. The molecule has 3 aromatic carbocycles. The number of amides is 4. The maximum atomic E-state index is 13.3. The lowest BCUT2D eigenvalue weighted by atomic mass is 10.1. The van der Waals surface area contributed by atoms with E-state index >= 15 is 0 Å². The van der Waals surface area contributed by atoms with Gasteiger partial charge in [-0.3, -0.25) is 14.9 Å². The fourth-order valence-electron chi connectivity index (χ4n) is 3.98. The Morgan fingerprint density at radius 2 is 1.68 bits per heavy atom. The van der Waals surface area contributed by atoms with E-state index in [0.717, 1.165) is 16.0 Å². The van der Waals surface area contributed by atoms with E-state index in [2.05, 4.69) is 11.4 Å². The van der Waals surface area contributed by atoms with Crippen molar-refractivity contribution < 1.29 is 23.9 Å². The van der Waals surface area contributed by atoms with Crippen LogP contribution in [0.25, 0.3) is 6.08 Å². The van der Waals surface area contributed by atoms with Crippen LogP contribution in [0.4, 0.5) is 10.5 Å². The van der Waals surface area contributed by atoms with Gasteiger partial charge in [0.05, 0.1) is 17.3 Å². The molecule has 190 valence electrons. The van der Waals surface area contributed by atoms with Crippen molar-refractivity contribution in [3.05, 3.63) is 93.0 Å². The monoisotopic (exact) mass is 518 g/mol. The molecule has 3 aromatic rings. The number of urea groups is 1. The molecule has 0 unspecified atom stereocenters. The van der Waals surface area contributed by atoms with E-state index in [0.29, 0.717) is 34.9 Å². The Labute approximate surface area is 220 Å². The van der Waals surface area contributed by atoms with Gasteiger partial charge in [-0.15, -0.1) is 0 Å². The highest BCUT2D eigenvalue weighted by Gasteiger charge is 2.37. The Balaban J connectivity index is 1.66. The van der Waals surface area contributed by atoms with Gasteiger partial charge in [-0.2, -0.15) is 0 Å². The van der Waals surface area contributed by atoms with Crippen molar-refractivity contribution >= 4 is 41.2 Å². The maximum Gasteiger partial charge on any atom is 0.335 e. The highest BCUT2D eigenvalue weighted by atomic mass is 35.5. The lowest BCUT2D eigenvalue weighted by molar-refractivity contribution is -0.122.